The molecule has 0 aliphatic heterocycles. The van der Waals surface area contributed by atoms with Gasteiger partial charge in [-0.3, -0.25) is 4.57 Å². The number of rotatable bonds is 3. The van der Waals surface area contributed by atoms with Crippen LogP contribution in [-0.4, -0.2) is 31.3 Å². The zero-order valence-corrected chi connectivity index (χ0v) is 8.60. The molecule has 1 aromatic rings. The molecule has 0 saturated carbocycles. The normalized spacial score (nSPS) is 14.6. The zero-order valence-electron chi connectivity index (χ0n) is 7.85. The second kappa shape index (κ2) is 4.00. The summed E-state index contributed by atoms with van der Waals surface area (Å²) in [7, 11) is 0. The third-order valence-corrected chi connectivity index (χ3v) is 1.96. The van der Waals surface area contributed by atoms with E-state index in [9.17, 15) is 14.7 Å². The number of nitrogens with zero attached hydrogens (tertiary/aromatic N) is 2. The van der Waals surface area contributed by atoms with E-state index in [0.717, 1.165) is 17.7 Å². The number of hydrogen-bond acceptors (Lipinski definition) is 4. The molecule has 0 amide bonds. The van der Waals surface area contributed by atoms with Crippen molar-refractivity contribution in [3.05, 3.63) is 27.9 Å². The van der Waals surface area contributed by atoms with Crippen molar-refractivity contribution < 1.29 is 15.0 Å². The minimum atomic E-state index is -2.03. The van der Waals surface area contributed by atoms with Crippen molar-refractivity contribution in [2.75, 3.05) is 0 Å². The van der Waals surface area contributed by atoms with Crippen LogP contribution in [0.1, 0.15) is 6.92 Å². The number of aliphatic carboxylic acids is 1. The Morgan fingerprint density at radius 2 is 2.33 bits per heavy atom. The number of halogens is 1. The van der Waals surface area contributed by atoms with Crippen molar-refractivity contribution >= 4 is 17.6 Å². The summed E-state index contributed by atoms with van der Waals surface area (Å²) >= 11 is 5.57. The molecular weight excluding hydrogens is 224 g/mol. The van der Waals surface area contributed by atoms with Crippen molar-refractivity contribution in [1.82, 2.24) is 9.55 Å². The Morgan fingerprint density at radius 3 is 2.87 bits per heavy atom. The topological polar surface area (TPSA) is 92.4 Å². The summed E-state index contributed by atoms with van der Waals surface area (Å²) in [5.74, 6) is -1.42. The molecule has 2 N–H and O–H groups in total. The molecule has 15 heavy (non-hydrogen) atoms. The summed E-state index contributed by atoms with van der Waals surface area (Å²) in [6, 6.07) is 0. The van der Waals surface area contributed by atoms with Gasteiger partial charge < -0.3 is 10.2 Å². The molecule has 1 atom stereocenters. The smallest absolute Gasteiger partial charge is 0.347 e. The Bertz CT molecular complexity index is 441. The van der Waals surface area contributed by atoms with Crippen molar-refractivity contribution in [2.45, 2.75) is 19.1 Å². The van der Waals surface area contributed by atoms with Crippen LogP contribution in [0.4, 0.5) is 0 Å². The first kappa shape index (κ1) is 11.7. The number of aromatic nitrogens is 2. The molecule has 1 aromatic heterocycles. The van der Waals surface area contributed by atoms with Gasteiger partial charge in [-0.1, -0.05) is 11.6 Å². The second-order valence-corrected chi connectivity index (χ2v) is 3.70. The minimum absolute atomic E-state index is 0.191. The second-order valence-electron chi connectivity index (χ2n) is 3.26. The highest BCUT2D eigenvalue weighted by Crippen LogP contribution is 2.08. The van der Waals surface area contributed by atoms with Crippen molar-refractivity contribution in [1.29, 1.82) is 0 Å². The Balaban J connectivity index is 3.04. The predicted octanol–water partition coefficient (Wildman–Crippen LogP) is -0.268. The quantitative estimate of drug-likeness (QED) is 0.749. The van der Waals surface area contributed by atoms with Crippen LogP contribution in [0, 0.1) is 0 Å². The van der Waals surface area contributed by atoms with Crippen LogP contribution in [0.25, 0.3) is 0 Å². The number of carbonyl (C=O) groups is 1. The molecule has 1 heterocycles. The third-order valence-electron chi connectivity index (χ3n) is 1.76. The first-order valence-electron chi connectivity index (χ1n) is 4.01. The van der Waals surface area contributed by atoms with E-state index < -0.39 is 23.8 Å². The van der Waals surface area contributed by atoms with Crippen molar-refractivity contribution in [3.8, 4) is 0 Å². The number of aliphatic hydroxyl groups is 1. The maximum absolute atomic E-state index is 11.2. The van der Waals surface area contributed by atoms with E-state index in [-0.39, 0.29) is 5.02 Å². The lowest BCUT2D eigenvalue weighted by atomic mass is 10.1. The van der Waals surface area contributed by atoms with Crippen LogP contribution in [0.2, 0.25) is 5.02 Å². The average Bonchev–Trinajstić information content (AvgIpc) is 2.10. The molecule has 1 rings (SSSR count). The highest BCUT2D eigenvalue weighted by atomic mass is 35.5. The lowest BCUT2D eigenvalue weighted by molar-refractivity contribution is -0.157. The summed E-state index contributed by atoms with van der Waals surface area (Å²) in [6.07, 6.45) is 2.37. The first-order valence-corrected chi connectivity index (χ1v) is 4.38. The van der Waals surface area contributed by atoms with Crippen molar-refractivity contribution in [2.24, 2.45) is 0 Å². The maximum Gasteiger partial charge on any atom is 0.347 e. The van der Waals surface area contributed by atoms with E-state index in [4.69, 9.17) is 16.7 Å². The van der Waals surface area contributed by atoms with E-state index in [1.54, 1.807) is 0 Å². The molecule has 0 aromatic carbocycles. The Labute approximate surface area is 89.8 Å². The van der Waals surface area contributed by atoms with Gasteiger partial charge in [-0.25, -0.2) is 14.6 Å². The predicted molar refractivity (Wildman–Crippen MR) is 51.8 cm³/mol. The van der Waals surface area contributed by atoms with E-state index in [0.29, 0.717) is 0 Å². The van der Waals surface area contributed by atoms with Crippen LogP contribution < -0.4 is 5.69 Å². The van der Waals surface area contributed by atoms with Gasteiger partial charge in [0.05, 0.1) is 17.8 Å². The number of carboxylic acids is 1. The number of hydrogen-bond donors (Lipinski definition) is 2. The van der Waals surface area contributed by atoms with Gasteiger partial charge in [-0.05, 0) is 6.92 Å². The monoisotopic (exact) mass is 232 g/mol. The van der Waals surface area contributed by atoms with E-state index in [1.165, 1.54) is 6.20 Å². The Hall–Kier alpha value is -1.40. The molecule has 7 heteroatoms. The molecule has 0 bridgehead atoms. The van der Waals surface area contributed by atoms with Gasteiger partial charge in [0, 0.05) is 6.20 Å². The van der Waals surface area contributed by atoms with Crippen LogP contribution in [0.15, 0.2) is 17.2 Å². The maximum atomic E-state index is 11.2. The SMILES string of the molecule is CC(O)(Cn1cc(Cl)cnc1=O)C(=O)O. The fourth-order valence-corrected chi connectivity index (χ4v) is 1.11. The van der Waals surface area contributed by atoms with Gasteiger partial charge in [-0.15, -0.1) is 0 Å². The molecule has 0 radical (unpaired) electrons. The fourth-order valence-electron chi connectivity index (χ4n) is 0.941. The summed E-state index contributed by atoms with van der Waals surface area (Å²) < 4.78 is 0.941. The third kappa shape index (κ3) is 2.77. The van der Waals surface area contributed by atoms with E-state index >= 15 is 0 Å². The molecule has 0 aliphatic rings. The van der Waals surface area contributed by atoms with Crippen LogP contribution in [0.3, 0.4) is 0 Å². The lowest BCUT2D eigenvalue weighted by Crippen LogP contribution is -2.42. The van der Waals surface area contributed by atoms with Gasteiger partial charge in [-0.2, -0.15) is 0 Å². The Morgan fingerprint density at radius 1 is 1.73 bits per heavy atom. The number of carboxylic acid groups (broad SMARTS) is 1. The molecule has 6 nitrogen and oxygen atoms in total. The molecule has 82 valence electrons. The van der Waals surface area contributed by atoms with Crippen molar-refractivity contribution in [3.63, 3.8) is 0 Å². The van der Waals surface area contributed by atoms with Gasteiger partial charge in [0.2, 0.25) is 0 Å². The average molecular weight is 233 g/mol. The fraction of sp³-hybridized carbons (Fsp3) is 0.375. The van der Waals surface area contributed by atoms with Gasteiger partial charge in [0.15, 0.2) is 5.60 Å². The summed E-state index contributed by atoms with van der Waals surface area (Å²) in [5.41, 5.74) is -2.70. The van der Waals surface area contributed by atoms with E-state index in [2.05, 4.69) is 4.98 Å². The summed E-state index contributed by atoms with van der Waals surface area (Å²) in [6.45, 7) is 0.678. The highest BCUT2D eigenvalue weighted by Gasteiger charge is 2.30. The van der Waals surface area contributed by atoms with Crippen LogP contribution in [-0.2, 0) is 11.3 Å². The first-order chi connectivity index (χ1) is 6.83. The molecule has 0 fully saturated rings. The van der Waals surface area contributed by atoms with E-state index in [1.807, 2.05) is 0 Å². The van der Waals surface area contributed by atoms with Gasteiger partial charge >= 0.3 is 11.7 Å². The minimum Gasteiger partial charge on any atom is -0.479 e. The zero-order chi connectivity index (χ0) is 11.6. The highest BCUT2D eigenvalue weighted by molar-refractivity contribution is 6.30. The van der Waals surface area contributed by atoms with Crippen LogP contribution in [0.5, 0.6) is 0 Å². The molecular formula is C8H9ClN2O4. The summed E-state index contributed by atoms with van der Waals surface area (Å²) in [5, 5.41) is 18.3. The molecule has 1 unspecified atom stereocenters. The molecule has 0 aliphatic carbocycles. The van der Waals surface area contributed by atoms with Crippen LogP contribution >= 0.6 is 11.6 Å². The summed E-state index contributed by atoms with van der Waals surface area (Å²) in [4.78, 5) is 25.2. The molecule has 0 spiro atoms. The standard InChI is InChI=1S/C8H9ClN2O4/c1-8(15,6(12)13)4-11-3-5(9)2-10-7(11)14/h2-3,15H,4H2,1H3,(H,12,13). The van der Waals surface area contributed by atoms with Gasteiger partial charge in [0.1, 0.15) is 0 Å². The lowest BCUT2D eigenvalue weighted by Gasteiger charge is -2.18. The van der Waals surface area contributed by atoms with Gasteiger partial charge in [0.25, 0.3) is 0 Å². The molecule has 0 saturated heterocycles. The Kier molecular flexibility index (Phi) is 3.11. The largest absolute Gasteiger partial charge is 0.479 e.